The van der Waals surface area contributed by atoms with Crippen molar-refractivity contribution in [3.63, 3.8) is 0 Å². The number of aromatic nitrogens is 3. The smallest absolute Gasteiger partial charge is 0.230 e. The summed E-state index contributed by atoms with van der Waals surface area (Å²) < 4.78 is 8.09. The predicted molar refractivity (Wildman–Crippen MR) is 135 cm³/mol. The van der Waals surface area contributed by atoms with Gasteiger partial charge in [-0.25, -0.2) is 0 Å². The zero-order valence-corrected chi connectivity index (χ0v) is 20.2. The van der Waals surface area contributed by atoms with Crippen LogP contribution >= 0.6 is 11.8 Å². The molecule has 0 fully saturated rings. The highest BCUT2D eigenvalue weighted by molar-refractivity contribution is 7.99. The van der Waals surface area contributed by atoms with Crippen LogP contribution in [0.25, 0.3) is 5.69 Å². The van der Waals surface area contributed by atoms with Crippen molar-refractivity contribution in [1.82, 2.24) is 20.1 Å². The molecule has 4 rings (SSSR count). The van der Waals surface area contributed by atoms with Crippen LogP contribution in [-0.4, -0.2) is 33.0 Å². The maximum atomic E-state index is 12.4. The van der Waals surface area contributed by atoms with E-state index in [2.05, 4.69) is 27.6 Å². The summed E-state index contributed by atoms with van der Waals surface area (Å²) in [4.78, 5) is 12.4. The number of benzene rings is 3. The fourth-order valence-electron chi connectivity index (χ4n) is 3.66. The molecular weight excluding hydrogens is 444 g/mol. The lowest BCUT2D eigenvalue weighted by Crippen LogP contribution is -2.27. The zero-order valence-electron chi connectivity index (χ0n) is 19.4. The number of nitrogens with zero attached hydrogens (tertiary/aromatic N) is 3. The number of carbonyl (C=O) groups is 1. The van der Waals surface area contributed by atoms with Gasteiger partial charge in [-0.1, -0.05) is 78.5 Å². The predicted octanol–water partition coefficient (Wildman–Crippen LogP) is 4.91. The molecule has 0 saturated heterocycles. The molecule has 3 aromatic carbocycles. The number of amides is 1. The lowest BCUT2D eigenvalue weighted by molar-refractivity contribution is -0.118. The molecule has 1 N–H and O–H groups in total. The van der Waals surface area contributed by atoms with Crippen LogP contribution in [-0.2, 0) is 17.8 Å². The summed E-state index contributed by atoms with van der Waals surface area (Å²) in [5.74, 6) is 1.77. The molecule has 0 unspecified atom stereocenters. The van der Waals surface area contributed by atoms with E-state index in [0.29, 0.717) is 17.5 Å². The van der Waals surface area contributed by atoms with Crippen molar-refractivity contribution in [3.8, 4) is 11.4 Å². The Bertz CT molecular complexity index is 1210. The van der Waals surface area contributed by atoms with E-state index in [-0.39, 0.29) is 18.3 Å². The molecule has 0 aliphatic rings. The van der Waals surface area contributed by atoms with E-state index in [1.54, 1.807) is 0 Å². The number of nitrogens with one attached hydrogen (secondary N) is 1. The van der Waals surface area contributed by atoms with Crippen molar-refractivity contribution in [1.29, 1.82) is 0 Å². The fourth-order valence-corrected chi connectivity index (χ4v) is 4.46. The van der Waals surface area contributed by atoms with Crippen LogP contribution in [0.3, 0.4) is 0 Å². The molecule has 0 spiro atoms. The van der Waals surface area contributed by atoms with E-state index in [0.717, 1.165) is 29.0 Å². The van der Waals surface area contributed by atoms with E-state index < -0.39 is 0 Å². The average molecular weight is 473 g/mol. The van der Waals surface area contributed by atoms with Crippen molar-refractivity contribution in [2.75, 3.05) is 12.3 Å². The van der Waals surface area contributed by atoms with E-state index in [1.165, 1.54) is 17.3 Å². The van der Waals surface area contributed by atoms with Crippen LogP contribution in [0.4, 0.5) is 0 Å². The van der Waals surface area contributed by atoms with Crippen molar-refractivity contribution in [3.05, 3.63) is 101 Å². The Kier molecular flexibility index (Phi) is 7.99. The van der Waals surface area contributed by atoms with Gasteiger partial charge in [0.15, 0.2) is 11.0 Å². The van der Waals surface area contributed by atoms with E-state index >= 15 is 0 Å². The lowest BCUT2D eigenvalue weighted by atomic mass is 10.1. The van der Waals surface area contributed by atoms with Crippen molar-refractivity contribution in [2.24, 2.45) is 0 Å². The third kappa shape index (κ3) is 6.05. The summed E-state index contributed by atoms with van der Waals surface area (Å²) in [7, 11) is 0. The second-order valence-electron chi connectivity index (χ2n) is 7.95. The van der Waals surface area contributed by atoms with Crippen LogP contribution in [0, 0.1) is 13.8 Å². The minimum Gasteiger partial charge on any atom is -0.485 e. The Morgan fingerprint density at radius 2 is 1.59 bits per heavy atom. The van der Waals surface area contributed by atoms with Gasteiger partial charge in [-0.3, -0.25) is 9.36 Å². The fraction of sp³-hybridized carbons (Fsp3) is 0.222. The maximum absolute atomic E-state index is 12.4. The molecule has 4 aromatic rings. The Hall–Kier alpha value is -3.58. The molecule has 0 aliphatic carbocycles. The number of carbonyl (C=O) groups excluding carboxylic acids is 1. The minimum absolute atomic E-state index is 0.0307. The summed E-state index contributed by atoms with van der Waals surface area (Å²) in [5, 5.41) is 12.4. The first-order chi connectivity index (χ1) is 16.6. The Balaban J connectivity index is 1.42. The number of thioether (sulfide) groups is 1. The monoisotopic (exact) mass is 472 g/mol. The number of rotatable bonds is 10. The molecule has 6 nitrogen and oxygen atoms in total. The number of para-hydroxylation sites is 2. The quantitative estimate of drug-likeness (QED) is 0.332. The highest BCUT2D eigenvalue weighted by Crippen LogP contribution is 2.26. The molecule has 0 saturated carbocycles. The third-order valence-electron chi connectivity index (χ3n) is 5.38. The average Bonchev–Trinajstić information content (AvgIpc) is 3.26. The van der Waals surface area contributed by atoms with Gasteiger partial charge in [-0.15, -0.1) is 10.2 Å². The van der Waals surface area contributed by atoms with Crippen LogP contribution in [0.2, 0.25) is 0 Å². The summed E-state index contributed by atoms with van der Waals surface area (Å²) in [6.07, 6.45) is 0.803. The van der Waals surface area contributed by atoms with Crippen LogP contribution in [0.5, 0.6) is 5.75 Å². The molecule has 0 aliphatic heterocycles. The highest BCUT2D eigenvalue weighted by atomic mass is 32.2. The number of hydrogen-bond donors (Lipinski definition) is 1. The van der Waals surface area contributed by atoms with Crippen LogP contribution < -0.4 is 10.1 Å². The van der Waals surface area contributed by atoms with Gasteiger partial charge >= 0.3 is 0 Å². The Morgan fingerprint density at radius 3 is 2.29 bits per heavy atom. The van der Waals surface area contributed by atoms with Gasteiger partial charge in [0, 0.05) is 12.2 Å². The third-order valence-corrected chi connectivity index (χ3v) is 6.31. The van der Waals surface area contributed by atoms with Gasteiger partial charge in [-0.05, 0) is 49.1 Å². The summed E-state index contributed by atoms with van der Waals surface area (Å²) in [5.41, 5.74) is 4.28. The van der Waals surface area contributed by atoms with Crippen molar-refractivity contribution in [2.45, 2.75) is 32.0 Å². The van der Waals surface area contributed by atoms with E-state index in [1.807, 2.05) is 85.1 Å². The minimum atomic E-state index is -0.0307. The topological polar surface area (TPSA) is 69.0 Å². The van der Waals surface area contributed by atoms with Crippen molar-refractivity contribution < 1.29 is 9.53 Å². The second kappa shape index (κ2) is 11.5. The Morgan fingerprint density at radius 1 is 0.912 bits per heavy atom. The molecule has 7 heteroatoms. The summed E-state index contributed by atoms with van der Waals surface area (Å²) in [6.45, 7) is 4.94. The van der Waals surface area contributed by atoms with E-state index in [4.69, 9.17) is 4.74 Å². The van der Waals surface area contributed by atoms with Gasteiger partial charge in [0.1, 0.15) is 12.4 Å². The normalized spacial score (nSPS) is 10.8. The first-order valence-corrected chi connectivity index (χ1v) is 12.2. The second-order valence-corrected chi connectivity index (χ2v) is 8.90. The summed E-state index contributed by atoms with van der Waals surface area (Å²) in [6, 6.07) is 26.1. The largest absolute Gasteiger partial charge is 0.485 e. The SMILES string of the molecule is Cc1cccc(C)c1OCc1nnc(SCC(=O)NCCc2ccccc2)n1-c1ccccc1. The summed E-state index contributed by atoms with van der Waals surface area (Å²) >= 11 is 1.37. The Labute approximate surface area is 204 Å². The molecule has 1 amide bonds. The number of ether oxygens (including phenoxy) is 1. The molecule has 174 valence electrons. The molecule has 0 atom stereocenters. The van der Waals surface area contributed by atoms with Gasteiger partial charge in [-0.2, -0.15) is 0 Å². The van der Waals surface area contributed by atoms with Gasteiger partial charge in [0.2, 0.25) is 5.91 Å². The molecule has 1 aromatic heterocycles. The van der Waals surface area contributed by atoms with E-state index in [9.17, 15) is 4.79 Å². The zero-order chi connectivity index (χ0) is 23.8. The molecule has 0 radical (unpaired) electrons. The first-order valence-electron chi connectivity index (χ1n) is 11.2. The van der Waals surface area contributed by atoms with Crippen LogP contribution in [0.15, 0.2) is 84.0 Å². The van der Waals surface area contributed by atoms with Gasteiger partial charge in [0.05, 0.1) is 5.75 Å². The first kappa shape index (κ1) is 23.6. The molecule has 1 heterocycles. The van der Waals surface area contributed by atoms with Crippen LogP contribution in [0.1, 0.15) is 22.5 Å². The maximum Gasteiger partial charge on any atom is 0.230 e. The standard InChI is InChI=1S/C27H28N4O2S/c1-20-10-9-11-21(2)26(20)33-18-24-29-30-27(31(24)23-14-7-4-8-15-23)34-19-25(32)28-17-16-22-12-5-3-6-13-22/h3-15H,16-19H2,1-2H3,(H,28,32). The number of aryl methyl sites for hydroxylation is 2. The number of hydrogen-bond acceptors (Lipinski definition) is 5. The van der Waals surface area contributed by atoms with Crippen molar-refractivity contribution >= 4 is 17.7 Å². The van der Waals surface area contributed by atoms with Gasteiger partial charge in [0.25, 0.3) is 0 Å². The molecular formula is C27H28N4O2S. The van der Waals surface area contributed by atoms with Gasteiger partial charge < -0.3 is 10.1 Å². The molecule has 34 heavy (non-hydrogen) atoms. The molecule has 0 bridgehead atoms. The highest BCUT2D eigenvalue weighted by Gasteiger charge is 2.17. The lowest BCUT2D eigenvalue weighted by Gasteiger charge is -2.13.